The van der Waals surface area contributed by atoms with E-state index in [-0.39, 0.29) is 23.1 Å². The third-order valence-electron chi connectivity index (χ3n) is 8.09. The number of hydrogen-bond donors (Lipinski definition) is 0. The van der Waals surface area contributed by atoms with Gasteiger partial charge >= 0.3 is 249 Å². The zero-order chi connectivity index (χ0) is 27.5. The normalized spacial score (nSPS) is 14.2. The van der Waals surface area contributed by atoms with E-state index in [0.717, 1.165) is 14.4 Å². The van der Waals surface area contributed by atoms with Crippen LogP contribution in [0.4, 0.5) is 15.1 Å². The third-order valence-corrected chi connectivity index (χ3v) is 11.0. The Morgan fingerprint density at radius 1 is 0.585 bits per heavy atom. The first-order valence-electron chi connectivity index (χ1n) is 13.6. The number of anilines is 3. The minimum atomic E-state index is -0.864. The molecule has 0 atom stereocenters. The Morgan fingerprint density at radius 2 is 1.12 bits per heavy atom. The summed E-state index contributed by atoms with van der Waals surface area (Å²) >= 11 is -0.864. The molecule has 2 aliphatic rings. The number of carbonyl (C=O) groups is 2. The molecule has 8 rings (SSSR count). The summed E-state index contributed by atoms with van der Waals surface area (Å²) in [7, 11) is 0. The number of para-hydroxylation sites is 2. The molecule has 41 heavy (non-hydrogen) atoms. The van der Waals surface area contributed by atoms with Gasteiger partial charge in [-0.25, -0.2) is 0 Å². The molecule has 0 spiro atoms. The van der Waals surface area contributed by atoms with Crippen LogP contribution in [0.5, 0.6) is 0 Å². The molecule has 0 unspecified atom stereocenters. The van der Waals surface area contributed by atoms with Crippen molar-refractivity contribution in [3.05, 3.63) is 164 Å². The summed E-state index contributed by atoms with van der Waals surface area (Å²) < 4.78 is 2.33. The van der Waals surface area contributed by atoms with E-state index in [0.29, 0.717) is 11.1 Å². The molecule has 3 nitrogen and oxygen atoms in total. The molecule has 6 aromatic rings. The molecule has 0 saturated carbocycles. The first-order chi connectivity index (χ1) is 20.2. The van der Waals surface area contributed by atoms with Gasteiger partial charge in [-0.2, -0.15) is 0 Å². The number of allylic oxidation sites excluding steroid dienone is 1. The van der Waals surface area contributed by atoms with Crippen molar-refractivity contribution in [3.63, 3.8) is 0 Å². The maximum atomic E-state index is 13.4. The third kappa shape index (κ3) is 3.87. The molecule has 0 radical (unpaired) electrons. The van der Waals surface area contributed by atoms with Gasteiger partial charge < -0.3 is 0 Å². The van der Waals surface area contributed by atoms with Gasteiger partial charge in [0, 0.05) is 0 Å². The summed E-state index contributed by atoms with van der Waals surface area (Å²) in [4.78, 5) is 29.2. The van der Waals surface area contributed by atoms with Crippen LogP contribution in [-0.4, -0.2) is 32.0 Å². The van der Waals surface area contributed by atoms with Gasteiger partial charge in [-0.3, -0.25) is 0 Å². The average Bonchev–Trinajstić information content (AvgIpc) is 3.57. The number of nitrogens with zero attached hydrogens (tertiary/aromatic N) is 1. The Labute approximate surface area is 247 Å². The molecule has 0 saturated heterocycles. The van der Waals surface area contributed by atoms with Crippen molar-refractivity contribution in [3.8, 4) is 0 Å². The van der Waals surface area contributed by atoms with Crippen molar-refractivity contribution < 1.29 is 9.59 Å². The number of fused-ring (bicyclic) bond motifs is 4. The van der Waals surface area contributed by atoms with Crippen molar-refractivity contribution in [2.45, 2.75) is 5.92 Å². The summed E-state index contributed by atoms with van der Waals surface area (Å²) in [6.45, 7) is 0. The quantitative estimate of drug-likeness (QED) is 0.111. The fourth-order valence-electron chi connectivity index (χ4n) is 6.23. The summed E-state index contributed by atoms with van der Waals surface area (Å²) in [6, 6.07) is 43.9. The number of rotatable bonds is 3. The molecule has 5 aromatic carbocycles. The molecule has 1 aliphatic heterocycles. The van der Waals surface area contributed by atoms with Crippen LogP contribution >= 0.6 is 0 Å². The van der Waals surface area contributed by atoms with E-state index in [9.17, 15) is 9.59 Å². The van der Waals surface area contributed by atoms with E-state index in [1.54, 1.807) is 0 Å². The topological polar surface area (TPSA) is 37.4 Å². The monoisotopic (exact) mass is 643 g/mol. The Balaban J connectivity index is 1.21. The van der Waals surface area contributed by atoms with E-state index in [4.69, 9.17) is 0 Å². The molecule has 0 fully saturated rings. The van der Waals surface area contributed by atoms with Crippen LogP contribution in [0.15, 0.2) is 133 Å². The van der Waals surface area contributed by atoms with Crippen LogP contribution in [0.2, 0.25) is 0 Å². The standard InChI is InChI=1S/C37H23NO2Te/c39-36-29-20-24-12-4-5-13-25(24)21-30(29)37(40)31(36)22-26-18-19-34(41-26)38-32-16-8-6-14-27(32)35(23-10-2-1-3-11-23)28-15-7-9-17-33(28)38/h1-22,35H. The van der Waals surface area contributed by atoms with Gasteiger partial charge in [-0.15, -0.1) is 0 Å². The summed E-state index contributed by atoms with van der Waals surface area (Å²) in [5.41, 5.74) is 7.51. The van der Waals surface area contributed by atoms with Gasteiger partial charge in [0.25, 0.3) is 0 Å². The Hall–Kier alpha value is -4.49. The number of carbonyl (C=O) groups excluding carboxylic acids is 2. The van der Waals surface area contributed by atoms with Crippen LogP contribution in [0.1, 0.15) is 46.9 Å². The van der Waals surface area contributed by atoms with Gasteiger partial charge in [-0.05, 0) is 0 Å². The molecule has 0 N–H and O–H groups in total. The zero-order valence-electron chi connectivity index (χ0n) is 22.0. The van der Waals surface area contributed by atoms with Gasteiger partial charge in [0.2, 0.25) is 0 Å². The number of ketones is 2. The number of benzene rings is 5. The first kappa shape index (κ1) is 24.3. The van der Waals surface area contributed by atoms with Gasteiger partial charge in [-0.1, -0.05) is 0 Å². The van der Waals surface area contributed by atoms with E-state index in [2.05, 4.69) is 95.9 Å². The maximum absolute atomic E-state index is 13.4. The molecule has 0 amide bonds. The second-order valence-corrected chi connectivity index (χ2v) is 13.6. The number of hydrogen-bond acceptors (Lipinski definition) is 3. The summed E-state index contributed by atoms with van der Waals surface area (Å²) in [5.74, 6) is -0.186. The Bertz CT molecular complexity index is 1950. The predicted octanol–water partition coefficient (Wildman–Crippen LogP) is 8.32. The van der Waals surface area contributed by atoms with Crippen molar-refractivity contribution in [2.24, 2.45) is 0 Å². The molecule has 1 aromatic heterocycles. The van der Waals surface area contributed by atoms with Crippen molar-refractivity contribution in [2.75, 3.05) is 4.90 Å². The second kappa shape index (κ2) is 9.56. The first-order valence-corrected chi connectivity index (χ1v) is 16.0. The average molecular weight is 641 g/mol. The fourth-order valence-corrected chi connectivity index (χ4v) is 9.03. The van der Waals surface area contributed by atoms with Crippen molar-refractivity contribution in [1.29, 1.82) is 0 Å². The second-order valence-electron chi connectivity index (χ2n) is 10.4. The van der Waals surface area contributed by atoms with Crippen LogP contribution in [0.25, 0.3) is 16.8 Å². The van der Waals surface area contributed by atoms with Gasteiger partial charge in [0.05, 0.1) is 0 Å². The molecule has 4 heteroatoms. The molecule has 1 aliphatic carbocycles. The Morgan fingerprint density at radius 3 is 1.73 bits per heavy atom. The molecular formula is C37H23NO2Te. The zero-order valence-corrected chi connectivity index (χ0v) is 24.3. The summed E-state index contributed by atoms with van der Waals surface area (Å²) in [6.07, 6.45) is 1.86. The minimum absolute atomic E-state index is 0.153. The fraction of sp³-hybridized carbons (Fsp3) is 0.0270. The van der Waals surface area contributed by atoms with Gasteiger partial charge in [0.15, 0.2) is 0 Å². The molecular weight excluding hydrogens is 618 g/mol. The predicted molar refractivity (Wildman–Crippen MR) is 166 cm³/mol. The number of Topliss-reactive ketones (excluding diaryl/α,β-unsaturated/α-hetero) is 2. The van der Waals surface area contributed by atoms with E-state index in [1.807, 2.05) is 42.5 Å². The summed E-state index contributed by atoms with van der Waals surface area (Å²) in [5, 5.41) is 1.95. The van der Waals surface area contributed by atoms with Crippen molar-refractivity contribution in [1.82, 2.24) is 0 Å². The van der Waals surface area contributed by atoms with Crippen LogP contribution < -0.4 is 4.90 Å². The molecule has 194 valence electrons. The van der Waals surface area contributed by atoms with Gasteiger partial charge in [0.1, 0.15) is 0 Å². The van der Waals surface area contributed by atoms with Crippen LogP contribution in [0.3, 0.4) is 0 Å². The van der Waals surface area contributed by atoms with E-state index < -0.39 is 20.4 Å². The SMILES string of the molecule is O=C1C(=Cc2ccc(N3c4ccccc4C(c4ccccc4)c4ccccc43)[te]2)C(=O)c2cc3ccccc3cc21. The molecule has 0 bridgehead atoms. The van der Waals surface area contributed by atoms with Crippen LogP contribution in [-0.2, 0) is 0 Å². The van der Waals surface area contributed by atoms with Crippen LogP contribution in [0, 0.1) is 0 Å². The Kier molecular flexibility index (Phi) is 5.67. The van der Waals surface area contributed by atoms with Crippen molar-refractivity contribution >= 4 is 63.9 Å². The van der Waals surface area contributed by atoms with E-state index >= 15 is 0 Å². The van der Waals surface area contributed by atoms with E-state index in [1.165, 1.54) is 31.8 Å². The molecule has 2 heterocycles.